The summed E-state index contributed by atoms with van der Waals surface area (Å²) < 4.78 is 58.7. The van der Waals surface area contributed by atoms with Gasteiger partial charge in [-0.25, -0.2) is 17.2 Å². The summed E-state index contributed by atoms with van der Waals surface area (Å²) in [5, 5.41) is 0. The molecule has 5 nitrogen and oxygen atoms in total. The van der Waals surface area contributed by atoms with Gasteiger partial charge in [0.15, 0.2) is 11.6 Å². The molecule has 2 fully saturated rings. The Labute approximate surface area is 141 Å². The van der Waals surface area contributed by atoms with Crippen molar-refractivity contribution in [3.05, 3.63) is 29.8 Å². The van der Waals surface area contributed by atoms with E-state index in [0.29, 0.717) is 26.1 Å². The second-order valence-corrected chi connectivity index (χ2v) is 8.21. The Morgan fingerprint density at radius 1 is 1.08 bits per heavy atom. The fourth-order valence-electron chi connectivity index (χ4n) is 3.23. The molecule has 0 aliphatic carbocycles. The minimum absolute atomic E-state index is 0.200. The molecule has 0 saturated carbocycles. The van der Waals surface area contributed by atoms with Gasteiger partial charge < -0.3 is 4.74 Å². The highest BCUT2D eigenvalue weighted by atomic mass is 32.2. The highest BCUT2D eigenvalue weighted by molar-refractivity contribution is 7.89. The van der Waals surface area contributed by atoms with E-state index < -0.39 is 21.7 Å². The van der Waals surface area contributed by atoms with Crippen LogP contribution in [0.5, 0.6) is 0 Å². The molecule has 2 heterocycles. The van der Waals surface area contributed by atoms with Crippen molar-refractivity contribution < 1.29 is 21.9 Å². The predicted octanol–water partition coefficient (Wildman–Crippen LogP) is 1.84. The van der Waals surface area contributed by atoms with E-state index in [-0.39, 0.29) is 11.0 Å². The molecule has 8 heteroatoms. The maximum Gasteiger partial charge on any atom is 0.243 e. The van der Waals surface area contributed by atoms with Crippen molar-refractivity contribution in [3.8, 4) is 0 Å². The van der Waals surface area contributed by atoms with Crippen molar-refractivity contribution in [1.82, 2.24) is 9.21 Å². The maximum atomic E-state index is 13.4. The van der Waals surface area contributed by atoms with Crippen LogP contribution in [-0.2, 0) is 14.8 Å². The Kier molecular flexibility index (Phi) is 5.49. The molecule has 1 aromatic carbocycles. The number of hydrogen-bond donors (Lipinski definition) is 0. The summed E-state index contributed by atoms with van der Waals surface area (Å²) >= 11 is 0. The van der Waals surface area contributed by atoms with E-state index in [1.165, 1.54) is 4.31 Å². The largest absolute Gasteiger partial charge is 0.377 e. The standard InChI is InChI=1S/C16H22F2N2O3S/c17-15-5-4-14(11-16(15)18)24(21,22)20-7-2-6-19(8-9-20)12-13-3-1-10-23-13/h4-5,11,13H,1-3,6-10,12H2/t13-/m0/s1. The van der Waals surface area contributed by atoms with E-state index in [9.17, 15) is 17.2 Å². The second kappa shape index (κ2) is 7.43. The molecule has 2 aliphatic rings. The molecule has 1 aromatic rings. The molecule has 0 N–H and O–H groups in total. The number of benzene rings is 1. The van der Waals surface area contributed by atoms with Crippen LogP contribution in [0.3, 0.4) is 0 Å². The normalized spacial score (nSPS) is 24.2. The average Bonchev–Trinajstić information content (AvgIpc) is 2.93. The van der Waals surface area contributed by atoms with Crippen molar-refractivity contribution in [1.29, 1.82) is 0 Å². The van der Waals surface area contributed by atoms with Gasteiger partial charge in [-0.2, -0.15) is 4.31 Å². The number of ether oxygens (including phenoxy) is 1. The van der Waals surface area contributed by atoms with Crippen LogP contribution in [0.2, 0.25) is 0 Å². The first-order valence-corrected chi connectivity index (χ1v) is 9.70. The van der Waals surface area contributed by atoms with Crippen molar-refractivity contribution in [2.45, 2.75) is 30.3 Å². The number of hydrogen-bond acceptors (Lipinski definition) is 4. The third kappa shape index (κ3) is 3.93. The van der Waals surface area contributed by atoms with Crippen LogP contribution in [0, 0.1) is 11.6 Å². The van der Waals surface area contributed by atoms with E-state index in [1.807, 2.05) is 0 Å². The lowest BCUT2D eigenvalue weighted by Crippen LogP contribution is -2.37. The zero-order valence-electron chi connectivity index (χ0n) is 13.5. The molecule has 0 radical (unpaired) electrons. The Morgan fingerprint density at radius 2 is 1.92 bits per heavy atom. The molecular formula is C16H22F2N2O3S. The van der Waals surface area contributed by atoms with Crippen LogP contribution in [-0.4, -0.2) is 63.1 Å². The first kappa shape index (κ1) is 17.7. The minimum atomic E-state index is -3.81. The van der Waals surface area contributed by atoms with Gasteiger partial charge in [0.25, 0.3) is 0 Å². The van der Waals surface area contributed by atoms with Crippen molar-refractivity contribution in [2.24, 2.45) is 0 Å². The van der Waals surface area contributed by atoms with Gasteiger partial charge in [-0.15, -0.1) is 0 Å². The summed E-state index contributed by atoms with van der Waals surface area (Å²) in [7, 11) is -3.81. The lowest BCUT2D eigenvalue weighted by Gasteiger charge is -2.24. The first-order chi connectivity index (χ1) is 11.5. The molecule has 3 rings (SSSR count). The SMILES string of the molecule is O=S(=O)(c1ccc(F)c(F)c1)N1CCCN(C[C@@H]2CCCO2)CC1. The molecular weight excluding hydrogens is 338 g/mol. The average molecular weight is 360 g/mol. The van der Waals surface area contributed by atoms with Gasteiger partial charge in [-0.3, -0.25) is 4.90 Å². The van der Waals surface area contributed by atoms with Crippen LogP contribution >= 0.6 is 0 Å². The van der Waals surface area contributed by atoms with E-state index in [4.69, 9.17) is 4.74 Å². The molecule has 1 atom stereocenters. The van der Waals surface area contributed by atoms with Gasteiger partial charge in [-0.1, -0.05) is 0 Å². The summed E-state index contributed by atoms with van der Waals surface area (Å²) in [5.41, 5.74) is 0. The zero-order valence-corrected chi connectivity index (χ0v) is 14.3. The van der Waals surface area contributed by atoms with Crippen LogP contribution in [0.25, 0.3) is 0 Å². The van der Waals surface area contributed by atoms with E-state index >= 15 is 0 Å². The molecule has 0 spiro atoms. The van der Waals surface area contributed by atoms with Crippen LogP contribution in [0.4, 0.5) is 8.78 Å². The number of rotatable bonds is 4. The van der Waals surface area contributed by atoms with Gasteiger partial charge in [0.2, 0.25) is 10.0 Å². The maximum absolute atomic E-state index is 13.4. The Bertz CT molecular complexity index is 678. The van der Waals surface area contributed by atoms with E-state index in [1.54, 1.807) is 0 Å². The number of halogens is 2. The summed E-state index contributed by atoms with van der Waals surface area (Å²) in [4.78, 5) is 2.02. The molecule has 2 aliphatic heterocycles. The Morgan fingerprint density at radius 3 is 2.62 bits per heavy atom. The van der Waals surface area contributed by atoms with Gasteiger partial charge >= 0.3 is 0 Å². The monoisotopic (exact) mass is 360 g/mol. The summed E-state index contributed by atoms with van der Waals surface area (Å²) in [5.74, 6) is -2.20. The molecule has 24 heavy (non-hydrogen) atoms. The van der Waals surface area contributed by atoms with Crippen LogP contribution in [0.1, 0.15) is 19.3 Å². The molecule has 0 unspecified atom stereocenters. The van der Waals surface area contributed by atoms with Gasteiger partial charge in [0, 0.05) is 32.8 Å². The second-order valence-electron chi connectivity index (χ2n) is 6.27. The fraction of sp³-hybridized carbons (Fsp3) is 0.625. The van der Waals surface area contributed by atoms with Gasteiger partial charge in [-0.05, 0) is 44.0 Å². The third-order valence-corrected chi connectivity index (χ3v) is 6.46. The Balaban J connectivity index is 1.66. The quantitative estimate of drug-likeness (QED) is 0.822. The fourth-order valence-corrected chi connectivity index (χ4v) is 4.71. The highest BCUT2D eigenvalue weighted by Gasteiger charge is 2.28. The van der Waals surface area contributed by atoms with E-state index in [0.717, 1.165) is 50.7 Å². The summed E-state index contributed by atoms with van der Waals surface area (Å²) in [6.45, 7) is 3.76. The topological polar surface area (TPSA) is 49.9 Å². The minimum Gasteiger partial charge on any atom is -0.377 e. The highest BCUT2D eigenvalue weighted by Crippen LogP contribution is 2.21. The smallest absolute Gasteiger partial charge is 0.243 e. The third-order valence-electron chi connectivity index (χ3n) is 4.56. The number of sulfonamides is 1. The van der Waals surface area contributed by atoms with Crippen LogP contribution in [0.15, 0.2) is 23.1 Å². The Hall–Kier alpha value is -1.09. The number of nitrogens with zero attached hydrogens (tertiary/aromatic N) is 2. The molecule has 0 bridgehead atoms. The van der Waals surface area contributed by atoms with Gasteiger partial charge in [0.1, 0.15) is 0 Å². The van der Waals surface area contributed by atoms with E-state index in [2.05, 4.69) is 4.90 Å². The molecule has 0 amide bonds. The molecule has 134 valence electrons. The summed E-state index contributed by atoms with van der Waals surface area (Å²) in [6, 6.07) is 2.71. The molecule has 0 aromatic heterocycles. The van der Waals surface area contributed by atoms with Crippen LogP contribution < -0.4 is 0 Å². The molecule has 2 saturated heterocycles. The summed E-state index contributed by atoms with van der Waals surface area (Å²) in [6.07, 6.45) is 3.07. The lowest BCUT2D eigenvalue weighted by molar-refractivity contribution is 0.0749. The van der Waals surface area contributed by atoms with Crippen molar-refractivity contribution >= 4 is 10.0 Å². The van der Waals surface area contributed by atoms with Gasteiger partial charge in [0.05, 0.1) is 11.0 Å². The predicted molar refractivity (Wildman–Crippen MR) is 85.1 cm³/mol. The van der Waals surface area contributed by atoms with Crippen molar-refractivity contribution in [2.75, 3.05) is 39.3 Å². The first-order valence-electron chi connectivity index (χ1n) is 8.26. The zero-order chi connectivity index (χ0) is 17.2. The van der Waals surface area contributed by atoms with Crippen molar-refractivity contribution in [3.63, 3.8) is 0 Å². The lowest BCUT2D eigenvalue weighted by atomic mass is 10.2.